The number of amides is 3. The first-order valence-electron chi connectivity index (χ1n) is 10.2. The molecule has 1 N–H and O–H groups in total. The quantitative estimate of drug-likeness (QED) is 0.477. The highest BCUT2D eigenvalue weighted by Crippen LogP contribution is 2.30. The molecule has 0 saturated heterocycles. The number of aryl methyl sites for hydroxylation is 2. The van der Waals surface area contributed by atoms with Gasteiger partial charge in [-0.25, -0.2) is 4.90 Å². The number of hydrogen-bond donors (Lipinski definition) is 1. The molecule has 0 aliphatic carbocycles. The Morgan fingerprint density at radius 3 is 2.28 bits per heavy atom. The van der Waals surface area contributed by atoms with Gasteiger partial charge >= 0.3 is 0 Å². The number of fused-ring (bicyclic) bond motifs is 2. The fourth-order valence-corrected chi connectivity index (χ4v) is 4.00. The maximum absolute atomic E-state index is 13.1. The predicted molar refractivity (Wildman–Crippen MR) is 123 cm³/mol. The topological polar surface area (TPSA) is 79.4 Å². The zero-order valence-corrected chi connectivity index (χ0v) is 17.5. The van der Waals surface area contributed by atoms with Crippen molar-refractivity contribution in [3.8, 4) is 0 Å². The number of nitrogens with one attached hydrogen (secondary N) is 1. The first-order valence-corrected chi connectivity index (χ1v) is 10.2. The molecule has 0 atom stereocenters. The molecule has 1 aliphatic rings. The van der Waals surface area contributed by atoms with Gasteiger partial charge in [-0.05, 0) is 62.4 Å². The number of imide groups is 1. The Morgan fingerprint density at radius 1 is 0.844 bits per heavy atom. The molecule has 0 spiro atoms. The number of pyridine rings is 1. The monoisotopic (exact) mass is 421 g/mol. The van der Waals surface area contributed by atoms with Crippen molar-refractivity contribution in [1.29, 1.82) is 0 Å². The Hall–Kier alpha value is -4.32. The lowest BCUT2D eigenvalue weighted by atomic mass is 10.0. The maximum Gasteiger partial charge on any atom is 0.266 e. The van der Waals surface area contributed by atoms with Crippen LogP contribution >= 0.6 is 0 Å². The zero-order valence-electron chi connectivity index (χ0n) is 17.5. The summed E-state index contributed by atoms with van der Waals surface area (Å²) < 4.78 is 0. The van der Waals surface area contributed by atoms with Gasteiger partial charge in [-0.2, -0.15) is 0 Å². The first-order chi connectivity index (χ1) is 15.4. The molecule has 156 valence electrons. The third-order valence-electron chi connectivity index (χ3n) is 5.49. The summed E-state index contributed by atoms with van der Waals surface area (Å²) >= 11 is 0. The second-order valence-electron chi connectivity index (χ2n) is 7.83. The summed E-state index contributed by atoms with van der Waals surface area (Å²) in [5.41, 5.74) is 4.68. The van der Waals surface area contributed by atoms with Crippen LogP contribution in [-0.4, -0.2) is 22.7 Å². The van der Waals surface area contributed by atoms with Gasteiger partial charge < -0.3 is 5.32 Å². The van der Waals surface area contributed by atoms with Crippen LogP contribution in [-0.2, 0) is 0 Å². The molecule has 3 aromatic carbocycles. The van der Waals surface area contributed by atoms with Gasteiger partial charge in [-0.3, -0.25) is 19.4 Å². The summed E-state index contributed by atoms with van der Waals surface area (Å²) in [7, 11) is 0. The minimum absolute atomic E-state index is 0.286. The molecule has 3 amide bonds. The second-order valence-corrected chi connectivity index (χ2v) is 7.83. The Kier molecular flexibility index (Phi) is 4.56. The molecule has 0 fully saturated rings. The summed E-state index contributed by atoms with van der Waals surface area (Å²) in [5, 5.41) is 3.66. The number of hydrogen-bond acceptors (Lipinski definition) is 4. The molecule has 32 heavy (non-hydrogen) atoms. The van der Waals surface area contributed by atoms with Gasteiger partial charge in [-0.15, -0.1) is 0 Å². The number of carbonyl (C=O) groups is 3. The molecule has 5 rings (SSSR count). The molecule has 2 heterocycles. The van der Waals surface area contributed by atoms with E-state index in [1.807, 2.05) is 32.0 Å². The van der Waals surface area contributed by atoms with E-state index in [0.29, 0.717) is 28.1 Å². The third-order valence-corrected chi connectivity index (χ3v) is 5.49. The van der Waals surface area contributed by atoms with E-state index in [1.54, 1.807) is 54.6 Å². The smallest absolute Gasteiger partial charge is 0.266 e. The first kappa shape index (κ1) is 19.6. The average Bonchev–Trinajstić information content (AvgIpc) is 3.04. The highest BCUT2D eigenvalue weighted by molar-refractivity contribution is 6.34. The van der Waals surface area contributed by atoms with Crippen molar-refractivity contribution in [3.05, 3.63) is 101 Å². The molecular weight excluding hydrogens is 402 g/mol. The van der Waals surface area contributed by atoms with Crippen LogP contribution in [0, 0.1) is 13.8 Å². The van der Waals surface area contributed by atoms with Gasteiger partial charge in [0, 0.05) is 16.8 Å². The summed E-state index contributed by atoms with van der Waals surface area (Å²) in [4.78, 5) is 44.4. The van der Waals surface area contributed by atoms with Gasteiger partial charge in [0.05, 0.1) is 27.9 Å². The van der Waals surface area contributed by atoms with E-state index in [9.17, 15) is 14.4 Å². The summed E-state index contributed by atoms with van der Waals surface area (Å²) in [6.45, 7) is 3.81. The predicted octanol–water partition coefficient (Wildman–Crippen LogP) is 4.90. The minimum atomic E-state index is -0.375. The van der Waals surface area contributed by atoms with E-state index in [1.165, 1.54) is 0 Å². The van der Waals surface area contributed by atoms with E-state index in [4.69, 9.17) is 0 Å². The summed E-state index contributed by atoms with van der Waals surface area (Å²) in [6.07, 6.45) is 0. The van der Waals surface area contributed by atoms with E-state index < -0.39 is 0 Å². The summed E-state index contributed by atoms with van der Waals surface area (Å²) in [5.74, 6) is -1.04. The van der Waals surface area contributed by atoms with E-state index in [-0.39, 0.29) is 17.7 Å². The Labute approximate surface area is 184 Å². The van der Waals surface area contributed by atoms with Crippen molar-refractivity contribution >= 4 is 40.0 Å². The van der Waals surface area contributed by atoms with Crippen molar-refractivity contribution in [3.63, 3.8) is 0 Å². The van der Waals surface area contributed by atoms with E-state index in [2.05, 4.69) is 10.3 Å². The fraction of sp³-hybridized carbons (Fsp3) is 0.0769. The highest BCUT2D eigenvalue weighted by Gasteiger charge is 2.36. The lowest BCUT2D eigenvalue weighted by Crippen LogP contribution is -2.29. The number of anilines is 2. The zero-order chi connectivity index (χ0) is 22.4. The van der Waals surface area contributed by atoms with E-state index in [0.717, 1.165) is 27.1 Å². The van der Waals surface area contributed by atoms with Crippen LogP contribution in [0.3, 0.4) is 0 Å². The molecule has 0 bridgehead atoms. The molecule has 0 radical (unpaired) electrons. The molecular formula is C26H19N3O3. The van der Waals surface area contributed by atoms with Crippen molar-refractivity contribution in [2.75, 3.05) is 10.2 Å². The van der Waals surface area contributed by atoms with Gasteiger partial charge in [0.25, 0.3) is 17.7 Å². The van der Waals surface area contributed by atoms with Crippen LogP contribution in [0.15, 0.2) is 72.8 Å². The lowest BCUT2D eigenvalue weighted by Gasteiger charge is -2.16. The van der Waals surface area contributed by atoms with Crippen LogP contribution in [0.1, 0.15) is 42.3 Å². The molecule has 4 aromatic rings. The van der Waals surface area contributed by atoms with Crippen LogP contribution in [0.25, 0.3) is 10.9 Å². The number of benzene rings is 3. The molecule has 1 aromatic heterocycles. The van der Waals surface area contributed by atoms with Crippen molar-refractivity contribution < 1.29 is 14.4 Å². The van der Waals surface area contributed by atoms with Crippen LogP contribution in [0.5, 0.6) is 0 Å². The number of aromatic nitrogens is 1. The number of carbonyl (C=O) groups excluding carboxylic acids is 3. The van der Waals surface area contributed by atoms with Gasteiger partial charge in [0.1, 0.15) is 0 Å². The van der Waals surface area contributed by atoms with Crippen molar-refractivity contribution in [2.24, 2.45) is 0 Å². The van der Waals surface area contributed by atoms with Crippen molar-refractivity contribution in [2.45, 2.75) is 13.8 Å². The fourth-order valence-electron chi connectivity index (χ4n) is 4.00. The van der Waals surface area contributed by atoms with Crippen LogP contribution in [0.2, 0.25) is 0 Å². The molecule has 0 unspecified atom stereocenters. The molecule has 0 saturated carbocycles. The van der Waals surface area contributed by atoms with Gasteiger partial charge in [-0.1, -0.05) is 29.8 Å². The molecule has 6 heteroatoms. The SMILES string of the molecule is Cc1ccc2nc(C)cc(C(=O)Nc3cccc(N4C(=O)c5ccccc5C4=O)c3)c2c1. The van der Waals surface area contributed by atoms with Crippen molar-refractivity contribution in [1.82, 2.24) is 4.98 Å². The van der Waals surface area contributed by atoms with E-state index >= 15 is 0 Å². The van der Waals surface area contributed by atoms with Crippen LogP contribution < -0.4 is 10.2 Å². The van der Waals surface area contributed by atoms with Gasteiger partial charge in [0.15, 0.2) is 0 Å². The number of rotatable bonds is 3. The maximum atomic E-state index is 13.1. The largest absolute Gasteiger partial charge is 0.322 e. The molecule has 1 aliphatic heterocycles. The highest BCUT2D eigenvalue weighted by atomic mass is 16.2. The van der Waals surface area contributed by atoms with Crippen LogP contribution in [0.4, 0.5) is 11.4 Å². The standard InChI is InChI=1S/C26H19N3O3/c1-15-10-11-23-21(12-15)22(13-16(2)27-23)24(30)28-17-6-5-7-18(14-17)29-25(31)19-8-3-4-9-20(19)26(29)32/h3-14H,1-2H3,(H,28,30). The minimum Gasteiger partial charge on any atom is -0.322 e. The second kappa shape index (κ2) is 7.42. The molecule has 6 nitrogen and oxygen atoms in total. The Balaban J connectivity index is 1.48. The average molecular weight is 421 g/mol. The number of nitrogens with zero attached hydrogens (tertiary/aromatic N) is 2. The summed E-state index contributed by atoms with van der Waals surface area (Å²) in [6, 6.07) is 21.0. The Bertz CT molecular complexity index is 1410. The normalized spacial score (nSPS) is 12.9. The third kappa shape index (κ3) is 3.22. The Morgan fingerprint density at radius 2 is 1.56 bits per heavy atom. The van der Waals surface area contributed by atoms with Gasteiger partial charge in [0.2, 0.25) is 0 Å². The lowest BCUT2D eigenvalue weighted by molar-refractivity contribution is 0.0925.